The molecule has 3 aromatic rings. The first-order valence-corrected chi connectivity index (χ1v) is 9.81. The van der Waals surface area contributed by atoms with Gasteiger partial charge in [0, 0.05) is 12.1 Å². The van der Waals surface area contributed by atoms with Crippen molar-refractivity contribution >= 4 is 17.7 Å². The van der Waals surface area contributed by atoms with Gasteiger partial charge < -0.3 is 19.2 Å². The van der Waals surface area contributed by atoms with Crippen molar-refractivity contribution in [2.75, 3.05) is 12.9 Å². The summed E-state index contributed by atoms with van der Waals surface area (Å²) in [6.07, 6.45) is -0.631. The maximum absolute atomic E-state index is 13.7. The van der Waals surface area contributed by atoms with Gasteiger partial charge in [0.05, 0.1) is 12.9 Å². The van der Waals surface area contributed by atoms with Crippen LogP contribution in [-0.2, 0) is 11.3 Å². The number of hydrogen-bond acceptors (Lipinski definition) is 7. The Labute approximate surface area is 171 Å². The molecular weight excluding hydrogens is 397 g/mol. The molecule has 0 bridgehead atoms. The Morgan fingerprint density at radius 1 is 1.17 bits per heavy atom. The van der Waals surface area contributed by atoms with Gasteiger partial charge in [0.25, 0.3) is 11.1 Å². The van der Waals surface area contributed by atoms with Gasteiger partial charge in [0.1, 0.15) is 5.75 Å². The Hall–Kier alpha value is -3.07. The smallest absolute Gasteiger partial charge is 0.277 e. The summed E-state index contributed by atoms with van der Waals surface area (Å²) >= 11 is 1.11. The zero-order valence-corrected chi connectivity index (χ0v) is 16.7. The van der Waals surface area contributed by atoms with E-state index >= 15 is 0 Å². The number of methoxy groups -OCH3 is 1. The fraction of sp³-hybridized carbons (Fsp3) is 0.250. The zero-order valence-electron chi connectivity index (χ0n) is 15.9. The second-order valence-corrected chi connectivity index (χ2v) is 6.90. The predicted octanol–water partition coefficient (Wildman–Crippen LogP) is 3.77. The van der Waals surface area contributed by atoms with Crippen molar-refractivity contribution in [2.24, 2.45) is 0 Å². The highest BCUT2D eigenvalue weighted by Gasteiger charge is 2.18. The van der Waals surface area contributed by atoms with Gasteiger partial charge in [0.2, 0.25) is 5.91 Å². The van der Waals surface area contributed by atoms with Gasteiger partial charge in [-0.25, -0.2) is 4.39 Å². The van der Waals surface area contributed by atoms with Gasteiger partial charge in [-0.15, -0.1) is 10.2 Å². The number of nitrogens with one attached hydrogen (secondary N) is 1. The summed E-state index contributed by atoms with van der Waals surface area (Å²) in [6.45, 7) is 2.03. The molecule has 29 heavy (non-hydrogen) atoms. The molecule has 1 unspecified atom stereocenters. The van der Waals surface area contributed by atoms with E-state index in [4.69, 9.17) is 13.9 Å². The van der Waals surface area contributed by atoms with E-state index in [0.29, 0.717) is 12.3 Å². The maximum Gasteiger partial charge on any atom is 0.277 e. The van der Waals surface area contributed by atoms with E-state index in [1.54, 1.807) is 26.2 Å². The third kappa shape index (κ3) is 5.71. The first-order chi connectivity index (χ1) is 14.1. The minimum absolute atomic E-state index is 0.100. The molecule has 0 spiro atoms. The Balaban J connectivity index is 1.48. The van der Waals surface area contributed by atoms with Crippen molar-refractivity contribution < 1.29 is 23.1 Å². The molecule has 0 aliphatic rings. The fourth-order valence-corrected chi connectivity index (χ4v) is 3.04. The van der Waals surface area contributed by atoms with Crippen LogP contribution in [0.1, 0.15) is 24.5 Å². The Bertz CT molecular complexity index is 966. The largest absolute Gasteiger partial charge is 0.496 e. The van der Waals surface area contributed by atoms with E-state index in [2.05, 4.69) is 15.5 Å². The van der Waals surface area contributed by atoms with Crippen LogP contribution >= 0.6 is 11.8 Å². The summed E-state index contributed by atoms with van der Waals surface area (Å²) in [5.74, 6) is 0.468. The second kappa shape index (κ2) is 9.92. The number of hydrogen-bond donors (Lipinski definition) is 1. The number of halogens is 1. The average Bonchev–Trinajstić information content (AvgIpc) is 3.22. The van der Waals surface area contributed by atoms with E-state index in [0.717, 1.165) is 17.3 Å². The number of carbonyl (C=O) groups excluding carboxylic acids is 1. The zero-order chi connectivity index (χ0) is 20.6. The lowest BCUT2D eigenvalue weighted by molar-refractivity contribution is -0.118. The molecule has 2 aromatic carbocycles. The van der Waals surface area contributed by atoms with Crippen molar-refractivity contribution in [3.8, 4) is 11.5 Å². The van der Waals surface area contributed by atoms with Crippen molar-refractivity contribution in [3.05, 3.63) is 65.8 Å². The van der Waals surface area contributed by atoms with Crippen LogP contribution in [0.4, 0.5) is 4.39 Å². The topological polar surface area (TPSA) is 86.5 Å². The van der Waals surface area contributed by atoms with Gasteiger partial charge >= 0.3 is 0 Å². The van der Waals surface area contributed by atoms with Crippen LogP contribution in [-0.4, -0.2) is 29.0 Å². The predicted molar refractivity (Wildman–Crippen MR) is 105 cm³/mol. The minimum atomic E-state index is -0.631. The Kier molecular flexibility index (Phi) is 7.07. The summed E-state index contributed by atoms with van der Waals surface area (Å²) in [5.41, 5.74) is 0.882. The summed E-state index contributed by atoms with van der Waals surface area (Å²) in [5, 5.41) is 10.8. The van der Waals surface area contributed by atoms with Gasteiger partial charge in [-0.2, -0.15) is 0 Å². The van der Waals surface area contributed by atoms with E-state index in [1.165, 1.54) is 12.1 Å². The number of amides is 1. The van der Waals surface area contributed by atoms with Crippen LogP contribution in [0, 0.1) is 5.82 Å². The molecule has 1 atom stereocenters. The molecule has 0 fully saturated rings. The van der Waals surface area contributed by atoms with Gasteiger partial charge in [-0.3, -0.25) is 4.79 Å². The molecule has 0 radical (unpaired) electrons. The monoisotopic (exact) mass is 417 g/mol. The molecule has 9 heteroatoms. The third-order valence-corrected chi connectivity index (χ3v) is 4.72. The van der Waals surface area contributed by atoms with Crippen LogP contribution in [0.2, 0.25) is 0 Å². The number of carbonyl (C=O) groups is 1. The molecule has 3 rings (SSSR count). The molecule has 7 nitrogen and oxygen atoms in total. The van der Waals surface area contributed by atoms with Crippen LogP contribution in [0.15, 0.2) is 58.2 Å². The van der Waals surface area contributed by atoms with Gasteiger partial charge in [-0.05, 0) is 25.1 Å². The SMILES string of the molecule is COc1ccccc1CNC(=O)CSc1nnc(C(C)Oc2ccccc2F)o1. The van der Waals surface area contributed by atoms with E-state index < -0.39 is 11.9 Å². The second-order valence-electron chi connectivity index (χ2n) is 5.97. The number of rotatable bonds is 9. The standard InChI is InChI=1S/C20H20FN3O4S/c1-13(27-17-10-6-4-8-15(17)21)19-23-24-20(28-19)29-12-18(25)22-11-14-7-3-5-9-16(14)26-2/h3-10,13H,11-12H2,1-2H3,(H,22,25). The molecule has 1 amide bonds. The highest BCUT2D eigenvalue weighted by molar-refractivity contribution is 7.99. The molecule has 1 N–H and O–H groups in total. The van der Waals surface area contributed by atoms with Crippen LogP contribution in [0.25, 0.3) is 0 Å². The highest BCUT2D eigenvalue weighted by atomic mass is 32.2. The number of nitrogens with zero attached hydrogens (tertiary/aromatic N) is 2. The maximum atomic E-state index is 13.7. The fourth-order valence-electron chi connectivity index (χ4n) is 2.45. The van der Waals surface area contributed by atoms with Crippen LogP contribution < -0.4 is 14.8 Å². The number of aromatic nitrogens is 2. The van der Waals surface area contributed by atoms with E-state index in [1.807, 2.05) is 24.3 Å². The van der Waals surface area contributed by atoms with Gasteiger partial charge in [0.15, 0.2) is 17.7 Å². The lowest BCUT2D eigenvalue weighted by Crippen LogP contribution is -2.24. The first kappa shape index (κ1) is 20.7. The molecule has 1 aromatic heterocycles. The molecule has 0 aliphatic carbocycles. The number of thioether (sulfide) groups is 1. The summed E-state index contributed by atoms with van der Waals surface area (Å²) in [4.78, 5) is 12.1. The van der Waals surface area contributed by atoms with Crippen molar-refractivity contribution in [1.29, 1.82) is 0 Å². The van der Waals surface area contributed by atoms with Gasteiger partial charge in [-0.1, -0.05) is 42.1 Å². The normalized spacial score (nSPS) is 11.7. The first-order valence-electron chi connectivity index (χ1n) is 8.82. The Morgan fingerprint density at radius 3 is 2.66 bits per heavy atom. The molecule has 0 saturated heterocycles. The number of para-hydroxylation sites is 2. The van der Waals surface area contributed by atoms with Crippen molar-refractivity contribution in [2.45, 2.75) is 24.8 Å². The molecular formula is C20H20FN3O4S. The van der Waals surface area contributed by atoms with Crippen molar-refractivity contribution in [3.63, 3.8) is 0 Å². The summed E-state index contributed by atoms with van der Waals surface area (Å²) in [7, 11) is 1.58. The van der Waals surface area contributed by atoms with Crippen LogP contribution in [0.5, 0.6) is 11.5 Å². The lowest BCUT2D eigenvalue weighted by atomic mass is 10.2. The molecule has 0 saturated carbocycles. The molecule has 152 valence electrons. The highest BCUT2D eigenvalue weighted by Crippen LogP contribution is 2.25. The summed E-state index contributed by atoms with van der Waals surface area (Å²) < 4.78 is 29.9. The van der Waals surface area contributed by atoms with E-state index in [-0.39, 0.29) is 28.5 Å². The average molecular weight is 417 g/mol. The quantitative estimate of drug-likeness (QED) is 0.531. The van der Waals surface area contributed by atoms with E-state index in [9.17, 15) is 9.18 Å². The molecule has 0 aliphatic heterocycles. The molecule has 1 heterocycles. The van der Waals surface area contributed by atoms with Crippen LogP contribution in [0.3, 0.4) is 0 Å². The number of benzene rings is 2. The third-order valence-electron chi connectivity index (χ3n) is 3.91. The lowest BCUT2D eigenvalue weighted by Gasteiger charge is -2.11. The Morgan fingerprint density at radius 2 is 1.90 bits per heavy atom. The van der Waals surface area contributed by atoms with Crippen molar-refractivity contribution in [1.82, 2.24) is 15.5 Å². The summed E-state index contributed by atoms with van der Waals surface area (Å²) in [6, 6.07) is 13.5. The number of ether oxygens (including phenoxy) is 2. The minimum Gasteiger partial charge on any atom is -0.496 e.